The van der Waals surface area contributed by atoms with E-state index in [1.54, 1.807) is 54.4 Å². The standard InChI is InChI=1S/C23H15ClN2O3S/c1-30-15-8-5-13(6-9-15)20-19-21(27)16-12-14(24)7-10-17(16)29-22(19)23(28)26(20)18-4-2-3-11-25-18/h2-12,20H,1H3. The van der Waals surface area contributed by atoms with Crippen LogP contribution < -0.4 is 10.3 Å². The number of rotatable bonds is 3. The van der Waals surface area contributed by atoms with Gasteiger partial charge in [0, 0.05) is 16.1 Å². The lowest BCUT2D eigenvalue weighted by Gasteiger charge is -2.24. The number of anilines is 1. The molecule has 1 unspecified atom stereocenters. The number of halogens is 1. The van der Waals surface area contributed by atoms with Crippen molar-refractivity contribution in [2.75, 3.05) is 11.2 Å². The van der Waals surface area contributed by atoms with Crippen LogP contribution in [0, 0.1) is 0 Å². The summed E-state index contributed by atoms with van der Waals surface area (Å²) >= 11 is 7.73. The second kappa shape index (κ2) is 7.31. The largest absolute Gasteiger partial charge is 0.450 e. The van der Waals surface area contributed by atoms with Crippen molar-refractivity contribution < 1.29 is 9.21 Å². The highest BCUT2D eigenvalue weighted by molar-refractivity contribution is 7.98. The maximum Gasteiger partial charge on any atom is 0.296 e. The van der Waals surface area contributed by atoms with E-state index in [2.05, 4.69) is 4.98 Å². The van der Waals surface area contributed by atoms with Gasteiger partial charge in [-0.3, -0.25) is 14.5 Å². The molecule has 5 nitrogen and oxygen atoms in total. The minimum atomic E-state index is -0.641. The molecular formula is C23H15ClN2O3S. The lowest BCUT2D eigenvalue weighted by atomic mass is 9.98. The summed E-state index contributed by atoms with van der Waals surface area (Å²) in [6.45, 7) is 0. The molecule has 0 radical (unpaired) electrons. The van der Waals surface area contributed by atoms with Crippen LogP contribution in [0.25, 0.3) is 11.0 Å². The summed E-state index contributed by atoms with van der Waals surface area (Å²) in [4.78, 5) is 33.8. The first-order valence-corrected chi connectivity index (χ1v) is 10.8. The summed E-state index contributed by atoms with van der Waals surface area (Å²) in [6, 6.07) is 17.3. The molecule has 0 saturated heterocycles. The predicted octanol–water partition coefficient (Wildman–Crippen LogP) is 5.31. The number of pyridine rings is 1. The molecule has 5 rings (SSSR count). The number of aromatic nitrogens is 1. The lowest BCUT2D eigenvalue weighted by molar-refractivity contribution is 0.0970. The molecule has 3 heterocycles. The van der Waals surface area contributed by atoms with Gasteiger partial charge in [0.1, 0.15) is 11.4 Å². The first-order chi connectivity index (χ1) is 14.6. The molecule has 1 atom stereocenters. The van der Waals surface area contributed by atoms with E-state index in [9.17, 15) is 9.59 Å². The number of carbonyl (C=O) groups is 1. The van der Waals surface area contributed by atoms with Gasteiger partial charge in [0.25, 0.3) is 5.91 Å². The summed E-state index contributed by atoms with van der Waals surface area (Å²) in [7, 11) is 0. The fraction of sp³-hybridized carbons (Fsp3) is 0.0870. The fourth-order valence-electron chi connectivity index (χ4n) is 3.78. The monoisotopic (exact) mass is 434 g/mol. The first kappa shape index (κ1) is 18.9. The number of nitrogens with zero attached hydrogens (tertiary/aromatic N) is 2. The Kier molecular flexibility index (Phi) is 4.60. The van der Waals surface area contributed by atoms with Crippen molar-refractivity contribution in [2.24, 2.45) is 0 Å². The number of benzene rings is 2. The third-order valence-corrected chi connectivity index (χ3v) is 6.14. The average molecular weight is 435 g/mol. The van der Waals surface area contributed by atoms with E-state index < -0.39 is 11.9 Å². The van der Waals surface area contributed by atoms with Crippen LogP contribution in [0.3, 0.4) is 0 Å². The number of carbonyl (C=O) groups excluding carboxylic acids is 1. The maximum atomic E-state index is 13.5. The molecule has 2 aromatic carbocycles. The minimum absolute atomic E-state index is 0.0411. The van der Waals surface area contributed by atoms with Crippen LogP contribution in [-0.2, 0) is 0 Å². The van der Waals surface area contributed by atoms with Crippen molar-refractivity contribution in [1.82, 2.24) is 4.98 Å². The van der Waals surface area contributed by atoms with Crippen molar-refractivity contribution in [2.45, 2.75) is 10.9 Å². The zero-order valence-electron chi connectivity index (χ0n) is 15.8. The number of hydrogen-bond acceptors (Lipinski definition) is 5. The van der Waals surface area contributed by atoms with Crippen molar-refractivity contribution in [3.8, 4) is 0 Å². The second-order valence-electron chi connectivity index (χ2n) is 6.85. The Hall–Kier alpha value is -3.09. The van der Waals surface area contributed by atoms with Crippen molar-refractivity contribution in [3.05, 3.63) is 99.0 Å². The zero-order chi connectivity index (χ0) is 20.8. The van der Waals surface area contributed by atoms with Gasteiger partial charge in [-0.05, 0) is 54.3 Å². The Morgan fingerprint density at radius 2 is 1.87 bits per heavy atom. The topological polar surface area (TPSA) is 63.4 Å². The molecule has 1 aliphatic rings. The van der Waals surface area contributed by atoms with Gasteiger partial charge in [-0.1, -0.05) is 29.8 Å². The van der Waals surface area contributed by atoms with Gasteiger partial charge < -0.3 is 4.42 Å². The molecular weight excluding hydrogens is 420 g/mol. The minimum Gasteiger partial charge on any atom is -0.450 e. The molecule has 0 spiro atoms. The summed E-state index contributed by atoms with van der Waals surface area (Å²) < 4.78 is 5.92. The number of thioether (sulfide) groups is 1. The van der Waals surface area contributed by atoms with Crippen LogP contribution in [0.15, 0.2) is 81.0 Å². The van der Waals surface area contributed by atoms with E-state index >= 15 is 0 Å². The zero-order valence-corrected chi connectivity index (χ0v) is 17.4. The molecule has 0 fully saturated rings. The molecule has 0 N–H and O–H groups in total. The van der Waals surface area contributed by atoms with Crippen molar-refractivity contribution >= 4 is 46.1 Å². The van der Waals surface area contributed by atoms with E-state index in [1.165, 1.54) is 4.90 Å². The van der Waals surface area contributed by atoms with Crippen LogP contribution in [0.4, 0.5) is 5.82 Å². The van der Waals surface area contributed by atoms with E-state index in [-0.39, 0.29) is 11.2 Å². The van der Waals surface area contributed by atoms with Gasteiger partial charge in [0.05, 0.1) is 17.0 Å². The lowest BCUT2D eigenvalue weighted by Crippen LogP contribution is -2.30. The molecule has 0 saturated carbocycles. The molecule has 1 amide bonds. The van der Waals surface area contributed by atoms with E-state index in [0.29, 0.717) is 27.4 Å². The smallest absolute Gasteiger partial charge is 0.296 e. The molecule has 30 heavy (non-hydrogen) atoms. The fourth-order valence-corrected chi connectivity index (χ4v) is 4.36. The van der Waals surface area contributed by atoms with Crippen molar-refractivity contribution in [1.29, 1.82) is 0 Å². The third-order valence-electron chi connectivity index (χ3n) is 5.16. The molecule has 4 aromatic rings. The average Bonchev–Trinajstić information content (AvgIpc) is 3.07. The Balaban J connectivity index is 1.80. The summed E-state index contributed by atoms with van der Waals surface area (Å²) in [5.41, 5.74) is 1.17. The van der Waals surface area contributed by atoms with E-state index in [1.807, 2.05) is 30.5 Å². The Morgan fingerprint density at radius 3 is 2.57 bits per heavy atom. The maximum absolute atomic E-state index is 13.5. The van der Waals surface area contributed by atoms with Crippen LogP contribution >= 0.6 is 23.4 Å². The van der Waals surface area contributed by atoms with Gasteiger partial charge in [0.2, 0.25) is 5.76 Å². The Bertz CT molecular complexity index is 1340. The van der Waals surface area contributed by atoms with Crippen LogP contribution in [0.2, 0.25) is 5.02 Å². The molecule has 148 valence electrons. The van der Waals surface area contributed by atoms with Crippen molar-refractivity contribution in [3.63, 3.8) is 0 Å². The molecule has 0 aliphatic carbocycles. The SMILES string of the molecule is CSc1ccc(C2c3c(oc4ccc(Cl)cc4c3=O)C(=O)N2c2ccccn2)cc1. The molecule has 2 aromatic heterocycles. The highest BCUT2D eigenvalue weighted by Gasteiger charge is 2.44. The van der Waals surface area contributed by atoms with Gasteiger partial charge in [-0.2, -0.15) is 0 Å². The third kappa shape index (κ3) is 2.91. The van der Waals surface area contributed by atoms with E-state index in [0.717, 1.165) is 10.5 Å². The number of hydrogen-bond donors (Lipinski definition) is 0. The van der Waals surface area contributed by atoms with Crippen LogP contribution in [-0.4, -0.2) is 17.1 Å². The Labute approximate surface area is 181 Å². The number of fused-ring (bicyclic) bond motifs is 2. The van der Waals surface area contributed by atoms with Gasteiger partial charge in [-0.25, -0.2) is 4.98 Å². The van der Waals surface area contributed by atoms with Gasteiger partial charge >= 0.3 is 0 Å². The normalized spacial score (nSPS) is 15.6. The van der Waals surface area contributed by atoms with Crippen LogP contribution in [0.1, 0.15) is 27.7 Å². The van der Waals surface area contributed by atoms with Gasteiger partial charge in [-0.15, -0.1) is 11.8 Å². The number of amides is 1. The quantitative estimate of drug-likeness (QED) is 0.409. The molecule has 1 aliphatic heterocycles. The summed E-state index contributed by atoms with van der Waals surface area (Å²) in [6.07, 6.45) is 3.61. The molecule has 7 heteroatoms. The van der Waals surface area contributed by atoms with Crippen LogP contribution in [0.5, 0.6) is 0 Å². The highest BCUT2D eigenvalue weighted by Crippen LogP contribution is 2.40. The predicted molar refractivity (Wildman–Crippen MR) is 119 cm³/mol. The Morgan fingerprint density at radius 1 is 1.07 bits per heavy atom. The van der Waals surface area contributed by atoms with Gasteiger partial charge in [0.15, 0.2) is 5.43 Å². The second-order valence-corrected chi connectivity index (χ2v) is 8.17. The summed E-state index contributed by atoms with van der Waals surface area (Å²) in [5.74, 6) is 0.102. The summed E-state index contributed by atoms with van der Waals surface area (Å²) in [5, 5.41) is 0.782. The highest BCUT2D eigenvalue weighted by atomic mass is 35.5. The molecule has 0 bridgehead atoms. The van der Waals surface area contributed by atoms with E-state index in [4.69, 9.17) is 16.0 Å². The first-order valence-electron chi connectivity index (χ1n) is 9.23.